The van der Waals surface area contributed by atoms with Crippen LogP contribution < -0.4 is 10.2 Å². The van der Waals surface area contributed by atoms with E-state index < -0.39 is 0 Å². The average Bonchev–Trinajstić information content (AvgIpc) is 3.35. The van der Waals surface area contributed by atoms with E-state index in [-0.39, 0.29) is 11.8 Å². The summed E-state index contributed by atoms with van der Waals surface area (Å²) in [5, 5.41) is 5.11. The van der Waals surface area contributed by atoms with Gasteiger partial charge in [0, 0.05) is 10.6 Å². The number of amides is 2. The standard InChI is InChI=1S/C25H24N2O2S/c1-3-4-6-18-10-14-20(15-11-18)27-24(28)22(21-7-5-16-30-21)23(25(27)29)26-19-12-8-17(2)9-13-19/h5,7-16,26H,3-4,6H2,1-2H3. The maximum absolute atomic E-state index is 13.3. The third-order valence-corrected chi connectivity index (χ3v) is 6.07. The Balaban J connectivity index is 1.68. The summed E-state index contributed by atoms with van der Waals surface area (Å²) in [6, 6.07) is 19.3. The molecule has 0 radical (unpaired) electrons. The summed E-state index contributed by atoms with van der Waals surface area (Å²) in [6.45, 7) is 4.17. The smallest absolute Gasteiger partial charge is 0.282 e. The first-order valence-electron chi connectivity index (χ1n) is 10.2. The zero-order chi connectivity index (χ0) is 21.1. The number of benzene rings is 2. The van der Waals surface area contributed by atoms with Crippen LogP contribution in [0, 0.1) is 6.92 Å². The van der Waals surface area contributed by atoms with E-state index in [1.165, 1.54) is 21.8 Å². The van der Waals surface area contributed by atoms with Crippen LogP contribution in [0.25, 0.3) is 5.57 Å². The first kappa shape index (κ1) is 20.1. The van der Waals surface area contributed by atoms with Gasteiger partial charge >= 0.3 is 0 Å². The first-order chi connectivity index (χ1) is 14.6. The molecule has 0 bridgehead atoms. The Morgan fingerprint density at radius 3 is 2.30 bits per heavy atom. The highest BCUT2D eigenvalue weighted by atomic mass is 32.1. The zero-order valence-electron chi connectivity index (χ0n) is 17.1. The van der Waals surface area contributed by atoms with E-state index >= 15 is 0 Å². The number of nitrogens with one attached hydrogen (secondary N) is 1. The van der Waals surface area contributed by atoms with Crippen molar-refractivity contribution in [2.45, 2.75) is 33.1 Å². The summed E-state index contributed by atoms with van der Waals surface area (Å²) < 4.78 is 0. The van der Waals surface area contributed by atoms with Crippen molar-refractivity contribution < 1.29 is 9.59 Å². The number of aryl methyl sites for hydroxylation is 2. The van der Waals surface area contributed by atoms with Gasteiger partial charge in [0.15, 0.2) is 0 Å². The number of thiophene rings is 1. The third-order valence-electron chi connectivity index (χ3n) is 5.19. The van der Waals surface area contributed by atoms with Crippen LogP contribution in [0.5, 0.6) is 0 Å². The second kappa shape index (κ2) is 8.67. The highest BCUT2D eigenvalue weighted by Gasteiger charge is 2.40. The second-order valence-corrected chi connectivity index (χ2v) is 8.38. The highest BCUT2D eigenvalue weighted by Crippen LogP contribution is 2.35. The van der Waals surface area contributed by atoms with E-state index in [2.05, 4.69) is 12.2 Å². The van der Waals surface area contributed by atoms with Gasteiger partial charge in [0.05, 0.1) is 11.3 Å². The lowest BCUT2D eigenvalue weighted by Gasteiger charge is -2.16. The molecule has 1 aromatic heterocycles. The molecule has 4 nitrogen and oxygen atoms in total. The molecule has 0 unspecified atom stereocenters. The molecule has 0 fully saturated rings. The predicted octanol–water partition coefficient (Wildman–Crippen LogP) is 5.80. The van der Waals surface area contributed by atoms with Crippen LogP contribution >= 0.6 is 11.3 Å². The van der Waals surface area contributed by atoms with E-state index in [0.29, 0.717) is 17.0 Å². The van der Waals surface area contributed by atoms with Crippen molar-refractivity contribution in [2.75, 3.05) is 10.2 Å². The SMILES string of the molecule is CCCCc1ccc(N2C(=O)C(Nc3ccc(C)cc3)=C(c3cccs3)C2=O)cc1. The Kier molecular flexibility index (Phi) is 5.81. The largest absolute Gasteiger partial charge is 0.350 e. The van der Waals surface area contributed by atoms with Crippen molar-refractivity contribution in [3.05, 3.63) is 87.7 Å². The fourth-order valence-electron chi connectivity index (χ4n) is 3.50. The van der Waals surface area contributed by atoms with Crippen molar-refractivity contribution >= 4 is 40.1 Å². The minimum absolute atomic E-state index is 0.293. The minimum atomic E-state index is -0.328. The van der Waals surface area contributed by atoms with Crippen LogP contribution in [0.4, 0.5) is 11.4 Å². The van der Waals surface area contributed by atoms with Crippen LogP contribution in [0.2, 0.25) is 0 Å². The molecular weight excluding hydrogens is 392 g/mol. The molecule has 1 aliphatic heterocycles. The molecule has 152 valence electrons. The second-order valence-electron chi connectivity index (χ2n) is 7.43. The highest BCUT2D eigenvalue weighted by molar-refractivity contribution is 7.11. The fraction of sp³-hybridized carbons (Fsp3) is 0.200. The number of hydrogen-bond acceptors (Lipinski definition) is 4. The maximum atomic E-state index is 13.3. The van der Waals surface area contributed by atoms with Crippen molar-refractivity contribution in [1.82, 2.24) is 0 Å². The lowest BCUT2D eigenvalue weighted by Crippen LogP contribution is -2.32. The topological polar surface area (TPSA) is 49.4 Å². The van der Waals surface area contributed by atoms with Crippen molar-refractivity contribution in [3.8, 4) is 0 Å². The number of unbranched alkanes of at least 4 members (excludes halogenated alkanes) is 1. The molecule has 5 heteroatoms. The molecule has 4 rings (SSSR count). The molecule has 2 aromatic carbocycles. The molecule has 30 heavy (non-hydrogen) atoms. The lowest BCUT2D eigenvalue weighted by atomic mass is 10.1. The normalized spacial score (nSPS) is 14.0. The molecular formula is C25H24N2O2S. The minimum Gasteiger partial charge on any atom is -0.350 e. The van der Waals surface area contributed by atoms with Crippen LogP contribution in [-0.2, 0) is 16.0 Å². The quantitative estimate of drug-likeness (QED) is 0.496. The van der Waals surface area contributed by atoms with Crippen LogP contribution in [-0.4, -0.2) is 11.8 Å². The number of nitrogens with zero attached hydrogens (tertiary/aromatic N) is 1. The van der Waals surface area contributed by atoms with Gasteiger partial charge < -0.3 is 5.32 Å². The van der Waals surface area contributed by atoms with Crippen molar-refractivity contribution in [1.29, 1.82) is 0 Å². The molecule has 0 saturated carbocycles. The summed E-state index contributed by atoms with van der Waals surface area (Å²) in [5.74, 6) is -0.622. The number of anilines is 2. The summed E-state index contributed by atoms with van der Waals surface area (Å²) in [5.41, 5.74) is 4.46. The Bertz CT molecular complexity index is 1080. The van der Waals surface area contributed by atoms with Crippen LogP contribution in [0.3, 0.4) is 0 Å². The van der Waals surface area contributed by atoms with E-state index in [1.807, 2.05) is 73.0 Å². The molecule has 2 amide bonds. The fourth-order valence-corrected chi connectivity index (χ4v) is 4.27. The van der Waals surface area contributed by atoms with Crippen molar-refractivity contribution in [2.24, 2.45) is 0 Å². The van der Waals surface area contributed by atoms with E-state index in [4.69, 9.17) is 0 Å². The summed E-state index contributed by atoms with van der Waals surface area (Å²) in [7, 11) is 0. The Morgan fingerprint density at radius 1 is 0.933 bits per heavy atom. The van der Waals surface area contributed by atoms with Gasteiger partial charge in [0.25, 0.3) is 11.8 Å². The number of imide groups is 1. The van der Waals surface area contributed by atoms with E-state index in [1.54, 1.807) is 0 Å². The van der Waals surface area contributed by atoms with Gasteiger partial charge in [-0.2, -0.15) is 0 Å². The first-order valence-corrected chi connectivity index (χ1v) is 11.1. The zero-order valence-corrected chi connectivity index (χ0v) is 18.0. The summed E-state index contributed by atoms with van der Waals surface area (Å²) >= 11 is 1.45. The van der Waals surface area contributed by atoms with Gasteiger partial charge in [-0.25, -0.2) is 4.90 Å². The average molecular weight is 417 g/mol. The van der Waals surface area contributed by atoms with Gasteiger partial charge in [-0.3, -0.25) is 9.59 Å². The summed E-state index contributed by atoms with van der Waals surface area (Å²) in [6.07, 6.45) is 3.25. The molecule has 1 aliphatic rings. The molecule has 3 aromatic rings. The Labute approximate surface area is 180 Å². The van der Waals surface area contributed by atoms with Crippen LogP contribution in [0.1, 0.15) is 35.8 Å². The number of carbonyl (C=O) groups excluding carboxylic acids is 2. The number of carbonyl (C=O) groups is 2. The molecule has 0 saturated heterocycles. The Morgan fingerprint density at radius 2 is 1.67 bits per heavy atom. The number of hydrogen-bond donors (Lipinski definition) is 1. The van der Waals surface area contributed by atoms with E-state index in [9.17, 15) is 9.59 Å². The lowest BCUT2D eigenvalue weighted by molar-refractivity contribution is -0.120. The third kappa shape index (κ3) is 3.94. The van der Waals surface area contributed by atoms with E-state index in [0.717, 1.165) is 35.4 Å². The molecule has 1 N–H and O–H groups in total. The number of rotatable bonds is 7. The monoisotopic (exact) mass is 416 g/mol. The molecule has 0 spiro atoms. The van der Waals surface area contributed by atoms with Crippen molar-refractivity contribution in [3.63, 3.8) is 0 Å². The van der Waals surface area contributed by atoms with Gasteiger partial charge in [0.2, 0.25) is 0 Å². The maximum Gasteiger partial charge on any atom is 0.282 e. The summed E-state index contributed by atoms with van der Waals surface area (Å²) in [4.78, 5) is 28.7. The van der Waals surface area contributed by atoms with Gasteiger partial charge in [-0.05, 0) is 61.0 Å². The van der Waals surface area contributed by atoms with Gasteiger partial charge in [-0.1, -0.05) is 49.2 Å². The Hall–Kier alpha value is -3.18. The van der Waals surface area contributed by atoms with Crippen LogP contribution in [0.15, 0.2) is 71.7 Å². The molecule has 0 aliphatic carbocycles. The van der Waals surface area contributed by atoms with Gasteiger partial charge in [0.1, 0.15) is 5.70 Å². The van der Waals surface area contributed by atoms with Gasteiger partial charge in [-0.15, -0.1) is 11.3 Å². The molecule has 2 heterocycles. The predicted molar refractivity (Wildman–Crippen MR) is 124 cm³/mol. The molecule has 0 atom stereocenters.